The van der Waals surface area contributed by atoms with Crippen LogP contribution in [0.2, 0.25) is 0 Å². The van der Waals surface area contributed by atoms with Crippen molar-refractivity contribution in [3.05, 3.63) is 101 Å². The molecule has 1 amide bonds. The smallest absolute Gasteiger partial charge is 0.269 e. The molecule has 0 saturated heterocycles. The van der Waals surface area contributed by atoms with Gasteiger partial charge in [-0.2, -0.15) is 5.10 Å². The lowest BCUT2D eigenvalue weighted by atomic mass is 9.94. The van der Waals surface area contributed by atoms with Gasteiger partial charge in [0.15, 0.2) is 0 Å². The summed E-state index contributed by atoms with van der Waals surface area (Å²) in [6.07, 6.45) is 0.393. The number of fused-ring (bicyclic) bond motifs is 2. The molecule has 0 aliphatic carbocycles. The highest BCUT2D eigenvalue weighted by Crippen LogP contribution is 2.37. The molecule has 1 heterocycles. The SMILES string of the molecule is CCC(=O)NCc1cc(-c2c3ccccc3cc3ccccc23)n(-c2ccc([N+](=O)[O-])cc2)n1. The van der Waals surface area contributed by atoms with Gasteiger partial charge in [-0.15, -0.1) is 0 Å². The van der Waals surface area contributed by atoms with E-state index in [0.717, 1.165) is 32.8 Å². The Morgan fingerprint density at radius 3 is 2.15 bits per heavy atom. The van der Waals surface area contributed by atoms with E-state index in [1.165, 1.54) is 12.1 Å². The minimum atomic E-state index is -0.419. The van der Waals surface area contributed by atoms with Crippen LogP contribution in [0.15, 0.2) is 84.9 Å². The minimum Gasteiger partial charge on any atom is -0.350 e. The van der Waals surface area contributed by atoms with Crippen molar-refractivity contribution in [1.82, 2.24) is 15.1 Å². The summed E-state index contributed by atoms with van der Waals surface area (Å²) >= 11 is 0. The topological polar surface area (TPSA) is 90.1 Å². The number of amides is 1. The average Bonchev–Trinajstić information content (AvgIpc) is 3.29. The zero-order valence-electron chi connectivity index (χ0n) is 18.6. The molecule has 7 nitrogen and oxygen atoms in total. The van der Waals surface area contributed by atoms with Crippen LogP contribution in [0, 0.1) is 10.1 Å². The first-order valence-corrected chi connectivity index (χ1v) is 11.1. The second-order valence-electron chi connectivity index (χ2n) is 8.03. The van der Waals surface area contributed by atoms with Crippen molar-refractivity contribution < 1.29 is 9.72 Å². The fourth-order valence-corrected chi connectivity index (χ4v) is 4.21. The highest BCUT2D eigenvalue weighted by molar-refractivity contribution is 6.12. The molecular formula is C27H22N4O3. The van der Waals surface area contributed by atoms with E-state index >= 15 is 0 Å². The molecule has 0 aliphatic heterocycles. The van der Waals surface area contributed by atoms with Crippen molar-refractivity contribution in [3.63, 3.8) is 0 Å². The van der Waals surface area contributed by atoms with E-state index in [2.05, 4.69) is 35.6 Å². The van der Waals surface area contributed by atoms with Crippen molar-refractivity contribution in [2.75, 3.05) is 0 Å². The Hall–Kier alpha value is -4.52. The number of hydrogen-bond donors (Lipinski definition) is 1. The van der Waals surface area contributed by atoms with Gasteiger partial charge in [0, 0.05) is 24.1 Å². The van der Waals surface area contributed by atoms with Gasteiger partial charge >= 0.3 is 0 Å². The fourth-order valence-electron chi connectivity index (χ4n) is 4.21. The minimum absolute atomic E-state index is 0.0171. The number of hydrogen-bond acceptors (Lipinski definition) is 4. The molecule has 1 aromatic heterocycles. The van der Waals surface area contributed by atoms with Crippen LogP contribution in [0.4, 0.5) is 5.69 Å². The van der Waals surface area contributed by atoms with Crippen LogP contribution < -0.4 is 5.32 Å². The van der Waals surface area contributed by atoms with Crippen molar-refractivity contribution >= 4 is 33.1 Å². The van der Waals surface area contributed by atoms with Gasteiger partial charge in [-0.05, 0) is 45.8 Å². The van der Waals surface area contributed by atoms with Gasteiger partial charge < -0.3 is 5.32 Å². The van der Waals surface area contributed by atoms with Crippen molar-refractivity contribution in [2.24, 2.45) is 0 Å². The molecule has 5 rings (SSSR count). The van der Waals surface area contributed by atoms with Crippen molar-refractivity contribution in [2.45, 2.75) is 19.9 Å². The second kappa shape index (κ2) is 8.78. The van der Waals surface area contributed by atoms with E-state index in [1.54, 1.807) is 23.7 Å². The summed E-state index contributed by atoms with van der Waals surface area (Å²) in [6.45, 7) is 2.10. The third kappa shape index (κ3) is 3.88. The highest BCUT2D eigenvalue weighted by atomic mass is 16.6. The van der Waals surface area contributed by atoms with Crippen LogP contribution in [-0.2, 0) is 11.3 Å². The predicted molar refractivity (Wildman–Crippen MR) is 133 cm³/mol. The van der Waals surface area contributed by atoms with Crippen molar-refractivity contribution in [1.29, 1.82) is 0 Å². The van der Waals surface area contributed by atoms with E-state index in [-0.39, 0.29) is 11.6 Å². The summed E-state index contributed by atoms with van der Waals surface area (Å²) in [4.78, 5) is 22.6. The summed E-state index contributed by atoms with van der Waals surface area (Å²) < 4.78 is 1.80. The molecule has 0 spiro atoms. The number of non-ortho nitro benzene ring substituents is 1. The van der Waals surface area contributed by atoms with E-state index in [4.69, 9.17) is 5.10 Å². The van der Waals surface area contributed by atoms with Gasteiger partial charge in [-0.3, -0.25) is 14.9 Å². The molecule has 7 heteroatoms. The van der Waals surface area contributed by atoms with Crippen LogP contribution in [0.1, 0.15) is 19.0 Å². The molecule has 0 bridgehead atoms. The van der Waals surface area contributed by atoms with Gasteiger partial charge in [-0.25, -0.2) is 4.68 Å². The maximum absolute atomic E-state index is 11.9. The van der Waals surface area contributed by atoms with E-state index < -0.39 is 4.92 Å². The molecule has 0 radical (unpaired) electrons. The molecule has 34 heavy (non-hydrogen) atoms. The third-order valence-corrected chi connectivity index (χ3v) is 5.88. The van der Waals surface area contributed by atoms with Gasteiger partial charge in [0.25, 0.3) is 5.69 Å². The van der Waals surface area contributed by atoms with Gasteiger partial charge in [0.05, 0.1) is 28.5 Å². The Morgan fingerprint density at radius 1 is 0.941 bits per heavy atom. The van der Waals surface area contributed by atoms with Crippen LogP contribution in [0.3, 0.4) is 0 Å². The van der Waals surface area contributed by atoms with E-state index in [9.17, 15) is 14.9 Å². The molecule has 0 fully saturated rings. The molecule has 4 aromatic carbocycles. The maximum Gasteiger partial charge on any atom is 0.269 e. The molecule has 0 unspecified atom stereocenters. The Bertz CT molecular complexity index is 1480. The Labute approximate surface area is 195 Å². The number of carbonyl (C=O) groups is 1. The Morgan fingerprint density at radius 2 is 1.56 bits per heavy atom. The number of rotatable bonds is 6. The van der Waals surface area contributed by atoms with E-state index in [0.29, 0.717) is 24.3 Å². The third-order valence-electron chi connectivity index (χ3n) is 5.88. The van der Waals surface area contributed by atoms with Crippen LogP contribution >= 0.6 is 0 Å². The van der Waals surface area contributed by atoms with Crippen LogP contribution in [-0.4, -0.2) is 20.6 Å². The van der Waals surface area contributed by atoms with Gasteiger partial charge in [0.2, 0.25) is 5.91 Å². The van der Waals surface area contributed by atoms with Gasteiger partial charge in [-0.1, -0.05) is 55.5 Å². The molecular weight excluding hydrogens is 428 g/mol. The summed E-state index contributed by atoms with van der Waals surface area (Å²) in [5, 5.41) is 23.2. The van der Waals surface area contributed by atoms with E-state index in [1.807, 2.05) is 30.3 Å². The second-order valence-corrected chi connectivity index (χ2v) is 8.03. The number of nitro benzene ring substituents is 1. The number of aromatic nitrogens is 2. The summed E-state index contributed by atoms with van der Waals surface area (Å²) in [5.41, 5.74) is 3.29. The summed E-state index contributed by atoms with van der Waals surface area (Å²) in [6, 6.07) is 26.9. The number of nitrogens with one attached hydrogen (secondary N) is 1. The molecule has 0 saturated carbocycles. The number of nitrogens with zero attached hydrogens (tertiary/aromatic N) is 3. The Balaban J connectivity index is 1.76. The average molecular weight is 450 g/mol. The Kier molecular flexibility index (Phi) is 5.51. The molecule has 0 atom stereocenters. The van der Waals surface area contributed by atoms with Crippen LogP contribution in [0.5, 0.6) is 0 Å². The molecule has 1 N–H and O–H groups in total. The molecule has 168 valence electrons. The summed E-state index contributed by atoms with van der Waals surface area (Å²) in [7, 11) is 0. The van der Waals surface area contributed by atoms with Crippen molar-refractivity contribution in [3.8, 4) is 16.9 Å². The normalized spacial score (nSPS) is 11.1. The number of benzene rings is 4. The standard InChI is InChI=1S/C27H22N4O3/c1-2-26(32)28-17-20-16-25(30(29-20)21-11-13-22(14-12-21)31(33)34)27-23-9-5-3-7-18(23)15-19-8-4-6-10-24(19)27/h3-16H,2,17H2,1H3,(H,28,32). The fraction of sp³-hybridized carbons (Fsp3) is 0.111. The zero-order chi connectivity index (χ0) is 23.7. The quantitative estimate of drug-likeness (QED) is 0.202. The lowest BCUT2D eigenvalue weighted by molar-refractivity contribution is -0.384. The lowest BCUT2D eigenvalue weighted by Gasteiger charge is -2.14. The predicted octanol–water partition coefficient (Wildman–Crippen LogP) is 5.78. The highest BCUT2D eigenvalue weighted by Gasteiger charge is 2.18. The largest absolute Gasteiger partial charge is 0.350 e. The molecule has 5 aromatic rings. The monoisotopic (exact) mass is 450 g/mol. The molecule has 0 aliphatic rings. The first-order valence-electron chi connectivity index (χ1n) is 11.1. The maximum atomic E-state index is 11.9. The zero-order valence-corrected chi connectivity index (χ0v) is 18.6. The van der Waals surface area contributed by atoms with Crippen LogP contribution in [0.25, 0.3) is 38.5 Å². The first-order chi connectivity index (χ1) is 16.5. The lowest BCUT2D eigenvalue weighted by Crippen LogP contribution is -2.21. The number of carbonyl (C=O) groups excluding carboxylic acids is 1. The summed E-state index contributed by atoms with van der Waals surface area (Å²) in [5.74, 6) is -0.0537. The number of nitro groups is 1. The van der Waals surface area contributed by atoms with Gasteiger partial charge in [0.1, 0.15) is 0 Å². The first kappa shape index (κ1) is 21.3.